The van der Waals surface area contributed by atoms with E-state index in [1.54, 1.807) is 0 Å². The normalized spacial score (nSPS) is 13.3. The Labute approximate surface area is 587 Å². The largest absolute Gasteiger partial charge is 0.545 e. The lowest BCUT2D eigenvalue weighted by Gasteiger charge is -2.26. The van der Waals surface area contributed by atoms with Gasteiger partial charge < -0.3 is 33.3 Å². The van der Waals surface area contributed by atoms with E-state index in [1.807, 2.05) is 21.1 Å². The van der Waals surface area contributed by atoms with Gasteiger partial charge in [0.1, 0.15) is 13.2 Å². The van der Waals surface area contributed by atoms with Crippen LogP contribution in [-0.2, 0) is 33.3 Å². The third kappa shape index (κ3) is 76.9. The Morgan fingerprint density at radius 2 is 0.600 bits per heavy atom. The number of likely N-dealkylation sites (N-methyl/N-ethyl adjacent to an activating group) is 1. The second-order valence-corrected chi connectivity index (χ2v) is 27.6. The molecule has 0 spiro atoms. The molecule has 0 aliphatic carbocycles. The molecular formula is C86H149NO8. The van der Waals surface area contributed by atoms with Crippen molar-refractivity contribution in [3.63, 3.8) is 0 Å². The lowest BCUT2D eigenvalue weighted by atomic mass is 10.0. The number of carbonyl (C=O) groups is 3. The molecule has 9 heteroatoms. The molecular weight excluding hydrogens is 1170 g/mol. The number of ether oxygens (including phenoxy) is 4. The van der Waals surface area contributed by atoms with Gasteiger partial charge in [-0.05, 0) is 109 Å². The van der Waals surface area contributed by atoms with E-state index in [9.17, 15) is 19.5 Å². The standard InChI is InChI=1S/C86H149NO8/c1-6-8-10-12-14-16-18-20-22-24-26-28-30-32-34-36-37-38-39-40-41-42-43-44-45-46-47-49-51-53-55-57-59-61-63-65-67-69-71-73-75-77-84(89)95-82(81-94-86(85(90)91)92-79-78-87(3,4)5)80-93-83(88)76-74-72-70-68-66-64-62-60-58-56-54-52-50-48-35-33-31-29-27-25-23-21-19-17-15-13-11-9-7-2/h8,10,14,16,20,22,25-28,32,34,37-38,40-41,43-44,46-47,82,86H,6-7,9,11-13,15,17-19,21,23-24,29-31,33,35-36,39,42,45,48-81H2,1-5H3/b10-8-,16-14-,22-20-,27-25-,28-26-,34-32-,38-37-,41-40-,44-43-,47-46-. The van der Waals surface area contributed by atoms with E-state index in [-0.39, 0.29) is 32.2 Å². The van der Waals surface area contributed by atoms with Crippen molar-refractivity contribution < 1.29 is 42.9 Å². The van der Waals surface area contributed by atoms with Gasteiger partial charge in [0.05, 0.1) is 40.3 Å². The number of quaternary nitrogens is 1. The molecule has 95 heavy (non-hydrogen) atoms. The van der Waals surface area contributed by atoms with E-state index in [4.69, 9.17) is 18.9 Å². The van der Waals surface area contributed by atoms with Crippen LogP contribution in [0.15, 0.2) is 122 Å². The average molecular weight is 1330 g/mol. The van der Waals surface area contributed by atoms with Crippen LogP contribution in [0.4, 0.5) is 0 Å². The van der Waals surface area contributed by atoms with Crippen molar-refractivity contribution in [3.8, 4) is 0 Å². The van der Waals surface area contributed by atoms with Crippen LogP contribution in [-0.4, -0.2) is 82.3 Å². The molecule has 0 N–H and O–H groups in total. The summed E-state index contributed by atoms with van der Waals surface area (Å²) >= 11 is 0. The van der Waals surface area contributed by atoms with Crippen molar-refractivity contribution in [3.05, 3.63) is 122 Å². The van der Waals surface area contributed by atoms with Crippen LogP contribution in [0, 0.1) is 0 Å². The number of esters is 2. The monoisotopic (exact) mass is 1320 g/mol. The van der Waals surface area contributed by atoms with Crippen LogP contribution in [0.2, 0.25) is 0 Å². The Kier molecular flexibility index (Phi) is 72.0. The highest BCUT2D eigenvalue weighted by molar-refractivity contribution is 5.70. The third-order valence-corrected chi connectivity index (χ3v) is 17.2. The Bertz CT molecular complexity index is 1980. The van der Waals surface area contributed by atoms with Gasteiger partial charge in [-0.2, -0.15) is 0 Å². The lowest BCUT2D eigenvalue weighted by molar-refractivity contribution is -0.870. The van der Waals surface area contributed by atoms with Crippen molar-refractivity contribution in [2.75, 3.05) is 47.5 Å². The van der Waals surface area contributed by atoms with E-state index in [2.05, 4.69) is 135 Å². The van der Waals surface area contributed by atoms with Gasteiger partial charge in [-0.3, -0.25) is 9.59 Å². The molecule has 0 aromatic rings. The highest BCUT2D eigenvalue weighted by Crippen LogP contribution is 2.18. The van der Waals surface area contributed by atoms with Crippen LogP contribution < -0.4 is 5.11 Å². The number of rotatable bonds is 73. The maximum Gasteiger partial charge on any atom is 0.306 e. The van der Waals surface area contributed by atoms with E-state index >= 15 is 0 Å². The topological polar surface area (TPSA) is 111 Å². The molecule has 0 aliphatic rings. The molecule has 2 unspecified atom stereocenters. The fourth-order valence-corrected chi connectivity index (χ4v) is 11.2. The molecule has 0 heterocycles. The van der Waals surface area contributed by atoms with Crippen LogP contribution in [0.1, 0.15) is 348 Å². The van der Waals surface area contributed by atoms with Crippen molar-refractivity contribution in [1.82, 2.24) is 0 Å². The first kappa shape index (κ1) is 90.7. The number of carboxylic acids is 1. The van der Waals surface area contributed by atoms with Gasteiger partial charge in [0.2, 0.25) is 0 Å². The average Bonchev–Trinajstić information content (AvgIpc) is 3.54. The molecule has 0 aromatic heterocycles. The zero-order valence-corrected chi connectivity index (χ0v) is 62.5. The molecule has 2 atom stereocenters. The van der Waals surface area contributed by atoms with Crippen LogP contribution in [0.3, 0.4) is 0 Å². The van der Waals surface area contributed by atoms with Gasteiger partial charge in [0.15, 0.2) is 12.4 Å². The van der Waals surface area contributed by atoms with E-state index in [0.717, 1.165) is 96.3 Å². The first-order valence-corrected chi connectivity index (χ1v) is 39.7. The maximum absolute atomic E-state index is 13.0. The predicted molar refractivity (Wildman–Crippen MR) is 407 cm³/mol. The number of carboxylic acid groups (broad SMARTS) is 1. The van der Waals surface area contributed by atoms with Gasteiger partial charge in [0, 0.05) is 12.8 Å². The third-order valence-electron chi connectivity index (χ3n) is 17.2. The number of carbonyl (C=O) groups excluding carboxylic acids is 3. The highest BCUT2D eigenvalue weighted by atomic mass is 16.7. The Balaban J connectivity index is 4.06. The summed E-state index contributed by atoms with van der Waals surface area (Å²) in [6, 6.07) is 0. The molecule has 0 radical (unpaired) electrons. The van der Waals surface area contributed by atoms with Crippen LogP contribution in [0.25, 0.3) is 0 Å². The lowest BCUT2D eigenvalue weighted by Crippen LogP contribution is -2.44. The Morgan fingerprint density at radius 1 is 0.326 bits per heavy atom. The number of nitrogens with zero attached hydrogens (tertiary/aromatic N) is 1. The number of hydrogen-bond donors (Lipinski definition) is 0. The quantitative estimate of drug-likeness (QED) is 0.0195. The summed E-state index contributed by atoms with van der Waals surface area (Å²) in [6.07, 6.45) is 105. The SMILES string of the molecule is CC/C=C\C/C=C\C/C=C\C/C=C\C/C=C\C/C=C\C/C=C\C/C=C\C/C=C\CCCCCCCCCCCCCCCC(=O)OC(COC(=O)CCCCCCCCCCCCCCCCCCC/C=C\CCCCCCCCCC)COC(OCC[N+](C)(C)C)C(=O)[O-]. The van der Waals surface area contributed by atoms with Crippen LogP contribution >= 0.6 is 0 Å². The molecule has 0 fully saturated rings. The smallest absolute Gasteiger partial charge is 0.306 e. The van der Waals surface area contributed by atoms with E-state index < -0.39 is 24.3 Å². The number of hydrogen-bond acceptors (Lipinski definition) is 8. The summed E-state index contributed by atoms with van der Waals surface area (Å²) in [5.41, 5.74) is 0. The molecule has 546 valence electrons. The molecule has 0 rings (SSSR count). The highest BCUT2D eigenvalue weighted by Gasteiger charge is 2.22. The zero-order chi connectivity index (χ0) is 69.0. The summed E-state index contributed by atoms with van der Waals surface area (Å²) in [4.78, 5) is 37.6. The fraction of sp³-hybridized carbons (Fsp3) is 0.733. The van der Waals surface area contributed by atoms with Crippen molar-refractivity contribution >= 4 is 17.9 Å². The molecule has 0 aliphatic heterocycles. The van der Waals surface area contributed by atoms with Crippen LogP contribution in [0.5, 0.6) is 0 Å². The number of unbranched alkanes of at least 4 members (excludes halogenated alkanes) is 38. The molecule has 0 saturated carbocycles. The molecule has 0 saturated heterocycles. The minimum atomic E-state index is -1.63. The van der Waals surface area contributed by atoms with Gasteiger partial charge in [-0.1, -0.05) is 347 Å². The molecule has 9 nitrogen and oxygen atoms in total. The van der Waals surface area contributed by atoms with Gasteiger partial charge >= 0.3 is 11.9 Å². The minimum absolute atomic E-state index is 0.145. The van der Waals surface area contributed by atoms with Crippen molar-refractivity contribution in [2.24, 2.45) is 0 Å². The Hall–Kier alpha value is -4.31. The first-order chi connectivity index (χ1) is 46.6. The summed E-state index contributed by atoms with van der Waals surface area (Å²) in [7, 11) is 5.94. The number of aliphatic carboxylic acids is 1. The molecule has 0 aromatic carbocycles. The maximum atomic E-state index is 13.0. The summed E-state index contributed by atoms with van der Waals surface area (Å²) in [5, 5.41) is 11.9. The Morgan fingerprint density at radius 3 is 0.905 bits per heavy atom. The second kappa shape index (κ2) is 75.5. The zero-order valence-electron chi connectivity index (χ0n) is 62.5. The molecule has 0 amide bonds. The van der Waals surface area contributed by atoms with Gasteiger partial charge in [0.25, 0.3) is 0 Å². The minimum Gasteiger partial charge on any atom is -0.545 e. The van der Waals surface area contributed by atoms with Crippen molar-refractivity contribution in [2.45, 2.75) is 360 Å². The van der Waals surface area contributed by atoms with E-state index in [1.165, 1.54) is 218 Å². The van der Waals surface area contributed by atoms with E-state index in [0.29, 0.717) is 23.9 Å². The first-order valence-electron chi connectivity index (χ1n) is 39.7. The number of allylic oxidation sites excluding steroid dienone is 20. The summed E-state index contributed by atoms with van der Waals surface area (Å²) in [5.74, 6) is -2.27. The summed E-state index contributed by atoms with van der Waals surface area (Å²) in [6.45, 7) is 4.67. The molecule has 0 bridgehead atoms. The summed E-state index contributed by atoms with van der Waals surface area (Å²) < 4.78 is 22.9. The fourth-order valence-electron chi connectivity index (χ4n) is 11.2. The second-order valence-electron chi connectivity index (χ2n) is 27.6. The van der Waals surface area contributed by atoms with Gasteiger partial charge in [-0.15, -0.1) is 0 Å². The predicted octanol–water partition coefficient (Wildman–Crippen LogP) is 24.1. The van der Waals surface area contributed by atoms with Crippen molar-refractivity contribution in [1.29, 1.82) is 0 Å². The van der Waals surface area contributed by atoms with Gasteiger partial charge in [-0.25, -0.2) is 0 Å².